The normalized spacial score (nSPS) is 10.4. The lowest BCUT2D eigenvalue weighted by Crippen LogP contribution is -2.19. The number of anilines is 2. The molecule has 0 saturated carbocycles. The minimum atomic E-state index is -0.377. The number of nitrogens with two attached hydrogens (primary N) is 2. The molecule has 0 radical (unpaired) electrons. The molecule has 5 N–H and O–H groups in total. The van der Waals surface area contributed by atoms with Crippen LogP contribution in [0.25, 0.3) is 5.57 Å². The Morgan fingerprint density at radius 1 is 1.25 bits per heavy atom. The predicted octanol–water partition coefficient (Wildman–Crippen LogP) is 1.76. The Morgan fingerprint density at radius 2 is 1.88 bits per heavy atom. The number of methoxy groups -OCH3 is 1. The van der Waals surface area contributed by atoms with Crippen LogP contribution in [0.15, 0.2) is 35.6 Å². The van der Waals surface area contributed by atoms with E-state index in [4.69, 9.17) is 11.5 Å². The Labute approximate surface area is 139 Å². The van der Waals surface area contributed by atoms with Crippen LogP contribution in [-0.4, -0.2) is 23.0 Å². The summed E-state index contributed by atoms with van der Waals surface area (Å²) >= 11 is 0. The zero-order valence-corrected chi connectivity index (χ0v) is 13.5. The maximum absolute atomic E-state index is 11.8. The van der Waals surface area contributed by atoms with Gasteiger partial charge >= 0.3 is 5.97 Å². The van der Waals surface area contributed by atoms with E-state index >= 15 is 0 Å². The van der Waals surface area contributed by atoms with Gasteiger partial charge in [0.15, 0.2) is 0 Å². The van der Waals surface area contributed by atoms with Crippen molar-refractivity contribution in [3.63, 3.8) is 0 Å². The number of carbonyl (C=O) groups excluding carboxylic acids is 1. The highest BCUT2D eigenvalue weighted by atomic mass is 16.5. The van der Waals surface area contributed by atoms with Gasteiger partial charge in [-0.3, -0.25) is 9.78 Å². The first-order valence-electron chi connectivity index (χ1n) is 7.43. The summed E-state index contributed by atoms with van der Waals surface area (Å²) in [6, 6.07) is 7.03. The van der Waals surface area contributed by atoms with E-state index in [0.717, 1.165) is 11.1 Å². The number of H-pyrrole nitrogens is 1. The number of nitrogens with one attached hydrogen (secondary N) is 1. The van der Waals surface area contributed by atoms with Gasteiger partial charge in [-0.25, -0.2) is 4.79 Å². The average molecular weight is 328 g/mol. The molecule has 0 atom stereocenters. The summed E-state index contributed by atoms with van der Waals surface area (Å²) in [6.45, 7) is 4.04. The summed E-state index contributed by atoms with van der Waals surface area (Å²) in [5, 5.41) is 0. The number of esters is 1. The molecule has 7 heteroatoms. The molecule has 2 aromatic rings. The third kappa shape index (κ3) is 4.01. The van der Waals surface area contributed by atoms with E-state index in [1.165, 1.54) is 7.11 Å². The van der Waals surface area contributed by atoms with Gasteiger partial charge in [0.05, 0.1) is 18.2 Å². The second kappa shape index (κ2) is 7.45. The molecule has 24 heavy (non-hydrogen) atoms. The summed E-state index contributed by atoms with van der Waals surface area (Å²) in [6.07, 6.45) is 1.85. The molecule has 0 bridgehead atoms. The lowest BCUT2D eigenvalue weighted by Gasteiger charge is -2.08. The van der Waals surface area contributed by atoms with Crippen LogP contribution in [0.3, 0.4) is 0 Å². The summed E-state index contributed by atoms with van der Waals surface area (Å²) in [7, 11) is 1.34. The molecule has 0 unspecified atom stereocenters. The zero-order valence-electron chi connectivity index (χ0n) is 13.5. The van der Waals surface area contributed by atoms with Crippen molar-refractivity contribution in [2.75, 3.05) is 18.6 Å². The van der Waals surface area contributed by atoms with Gasteiger partial charge in [0.1, 0.15) is 5.82 Å². The van der Waals surface area contributed by atoms with Gasteiger partial charge in [-0.05, 0) is 42.5 Å². The third-order valence-electron chi connectivity index (χ3n) is 3.69. The van der Waals surface area contributed by atoms with Crippen molar-refractivity contribution < 1.29 is 9.53 Å². The predicted molar refractivity (Wildman–Crippen MR) is 93.4 cm³/mol. The van der Waals surface area contributed by atoms with E-state index in [9.17, 15) is 9.59 Å². The molecule has 0 amide bonds. The molecule has 1 aromatic carbocycles. The molecule has 1 aromatic heterocycles. The smallest absolute Gasteiger partial charge is 0.337 e. The first-order valence-corrected chi connectivity index (χ1v) is 7.43. The van der Waals surface area contributed by atoms with Crippen molar-refractivity contribution in [3.8, 4) is 0 Å². The van der Waals surface area contributed by atoms with Crippen molar-refractivity contribution in [2.24, 2.45) is 0 Å². The van der Waals surface area contributed by atoms with Crippen LogP contribution >= 0.6 is 0 Å². The second-order valence-corrected chi connectivity index (χ2v) is 5.34. The fourth-order valence-electron chi connectivity index (χ4n) is 2.36. The second-order valence-electron chi connectivity index (χ2n) is 5.34. The van der Waals surface area contributed by atoms with Gasteiger partial charge in [0.2, 0.25) is 5.95 Å². The molecular formula is C17H20N4O3. The Hall–Kier alpha value is -3.09. The lowest BCUT2D eigenvalue weighted by molar-refractivity contribution is 0.0600. The number of rotatable bonds is 6. The number of benzene rings is 1. The molecule has 0 saturated heterocycles. The Kier molecular flexibility index (Phi) is 5.36. The van der Waals surface area contributed by atoms with Crippen LogP contribution in [0, 0.1) is 0 Å². The average Bonchev–Trinajstić information content (AvgIpc) is 2.56. The maximum Gasteiger partial charge on any atom is 0.337 e. The maximum atomic E-state index is 11.8. The molecule has 0 spiro atoms. The van der Waals surface area contributed by atoms with Crippen molar-refractivity contribution >= 4 is 23.3 Å². The molecular weight excluding hydrogens is 308 g/mol. The van der Waals surface area contributed by atoms with Gasteiger partial charge < -0.3 is 16.2 Å². The molecule has 1 heterocycles. The van der Waals surface area contributed by atoms with E-state index in [1.54, 1.807) is 12.1 Å². The highest BCUT2D eigenvalue weighted by molar-refractivity contribution is 5.89. The quantitative estimate of drug-likeness (QED) is 0.694. The fraction of sp³-hybridized carbons (Fsp3) is 0.235. The molecule has 2 rings (SSSR count). The number of hydrogen-bond donors (Lipinski definition) is 3. The summed E-state index contributed by atoms with van der Waals surface area (Å²) in [5.74, 6) is -0.210. The number of aromatic nitrogens is 2. The Morgan fingerprint density at radius 3 is 2.46 bits per heavy atom. The number of allylic oxidation sites excluding steroid dienone is 1. The van der Waals surface area contributed by atoms with Crippen LogP contribution in [0.2, 0.25) is 0 Å². The standard InChI is InChI=1S/C17H20N4O3/c1-10(11-6-8-12(9-7-11)16(23)24-2)4-3-5-13-14(18)20-17(19)21-15(13)22/h6-9H,1,3-5H2,2H3,(H5,18,19,20,21,22). The van der Waals surface area contributed by atoms with E-state index < -0.39 is 0 Å². The van der Waals surface area contributed by atoms with E-state index in [-0.39, 0.29) is 23.3 Å². The molecule has 7 nitrogen and oxygen atoms in total. The monoisotopic (exact) mass is 328 g/mol. The number of hydrogen-bond acceptors (Lipinski definition) is 6. The van der Waals surface area contributed by atoms with Gasteiger partial charge in [-0.15, -0.1) is 0 Å². The van der Waals surface area contributed by atoms with Gasteiger partial charge in [0.25, 0.3) is 5.56 Å². The van der Waals surface area contributed by atoms with Gasteiger partial charge in [-0.2, -0.15) is 4.98 Å². The van der Waals surface area contributed by atoms with Crippen LogP contribution in [0.5, 0.6) is 0 Å². The van der Waals surface area contributed by atoms with Crippen LogP contribution in [0.1, 0.15) is 34.3 Å². The van der Waals surface area contributed by atoms with Crippen LogP contribution in [0.4, 0.5) is 11.8 Å². The third-order valence-corrected chi connectivity index (χ3v) is 3.69. The van der Waals surface area contributed by atoms with Crippen LogP contribution in [-0.2, 0) is 11.2 Å². The van der Waals surface area contributed by atoms with Crippen LogP contribution < -0.4 is 17.0 Å². The largest absolute Gasteiger partial charge is 0.465 e. The number of nitrogens with zero attached hydrogens (tertiary/aromatic N) is 1. The summed E-state index contributed by atoms with van der Waals surface area (Å²) in [5.41, 5.74) is 13.6. The summed E-state index contributed by atoms with van der Waals surface area (Å²) < 4.78 is 4.66. The first kappa shape index (κ1) is 17.3. The van der Waals surface area contributed by atoms with E-state index in [2.05, 4.69) is 21.3 Å². The van der Waals surface area contributed by atoms with Crippen molar-refractivity contribution in [1.82, 2.24) is 9.97 Å². The number of aromatic amines is 1. The minimum absolute atomic E-state index is 0.0105. The Bertz CT molecular complexity index is 810. The summed E-state index contributed by atoms with van der Waals surface area (Å²) in [4.78, 5) is 29.5. The topological polar surface area (TPSA) is 124 Å². The Balaban J connectivity index is 1.96. The SMILES string of the molecule is C=C(CCCc1c(N)nc(N)[nH]c1=O)c1ccc(C(=O)OC)cc1. The fourth-order valence-corrected chi connectivity index (χ4v) is 2.36. The van der Waals surface area contributed by atoms with Crippen molar-refractivity contribution in [1.29, 1.82) is 0 Å². The van der Waals surface area contributed by atoms with Crippen molar-refractivity contribution in [2.45, 2.75) is 19.3 Å². The van der Waals surface area contributed by atoms with Gasteiger partial charge in [-0.1, -0.05) is 18.7 Å². The molecule has 0 aliphatic carbocycles. The minimum Gasteiger partial charge on any atom is -0.465 e. The number of carbonyl (C=O) groups is 1. The van der Waals surface area contributed by atoms with Crippen molar-refractivity contribution in [3.05, 3.63) is 57.9 Å². The molecule has 0 aliphatic rings. The number of nitrogen functional groups attached to an aromatic ring is 2. The highest BCUT2D eigenvalue weighted by Crippen LogP contribution is 2.20. The number of ether oxygens (including phenoxy) is 1. The van der Waals surface area contributed by atoms with E-state index in [0.29, 0.717) is 30.4 Å². The van der Waals surface area contributed by atoms with Gasteiger partial charge in [0, 0.05) is 0 Å². The molecule has 0 fully saturated rings. The molecule has 126 valence electrons. The highest BCUT2D eigenvalue weighted by Gasteiger charge is 2.09. The van der Waals surface area contributed by atoms with E-state index in [1.807, 2.05) is 12.1 Å². The zero-order chi connectivity index (χ0) is 17.7. The lowest BCUT2D eigenvalue weighted by atomic mass is 9.99. The first-order chi connectivity index (χ1) is 11.4. The molecule has 0 aliphatic heterocycles.